The number of hydrogen-bond donors (Lipinski definition) is 0. The summed E-state index contributed by atoms with van der Waals surface area (Å²) in [6.45, 7) is 11.5. The van der Waals surface area contributed by atoms with Gasteiger partial charge in [-0.15, -0.1) is 0 Å². The summed E-state index contributed by atoms with van der Waals surface area (Å²) in [7, 11) is 0. The summed E-state index contributed by atoms with van der Waals surface area (Å²) in [6, 6.07) is 9.63. The maximum atomic E-state index is 4.53. The van der Waals surface area contributed by atoms with Gasteiger partial charge in [0, 0.05) is 56.7 Å². The number of anilines is 1. The van der Waals surface area contributed by atoms with Crippen molar-refractivity contribution >= 4 is 16.7 Å². The van der Waals surface area contributed by atoms with Crippen LogP contribution in [0.15, 0.2) is 30.6 Å². The molecule has 2 saturated heterocycles. The smallest absolute Gasteiger partial charge is 0.139 e. The Morgan fingerprint density at radius 3 is 2.48 bits per heavy atom. The first-order valence-corrected chi connectivity index (χ1v) is 8.65. The Morgan fingerprint density at radius 2 is 1.74 bits per heavy atom. The third-order valence-electron chi connectivity index (χ3n) is 5.28. The van der Waals surface area contributed by atoms with Gasteiger partial charge in [-0.3, -0.25) is 9.80 Å². The van der Waals surface area contributed by atoms with Crippen LogP contribution in [0.1, 0.15) is 13.8 Å². The van der Waals surface area contributed by atoms with E-state index in [4.69, 9.17) is 0 Å². The van der Waals surface area contributed by atoms with E-state index >= 15 is 0 Å². The second kappa shape index (κ2) is 6.06. The summed E-state index contributed by atoms with van der Waals surface area (Å²) in [5, 5.41) is 1.16. The minimum atomic E-state index is 0.669. The van der Waals surface area contributed by atoms with Crippen molar-refractivity contribution in [1.29, 1.82) is 0 Å². The van der Waals surface area contributed by atoms with Gasteiger partial charge in [0.25, 0.3) is 0 Å². The third kappa shape index (κ3) is 2.79. The largest absolute Gasteiger partial charge is 0.353 e. The van der Waals surface area contributed by atoms with Crippen molar-refractivity contribution in [2.45, 2.75) is 25.9 Å². The van der Waals surface area contributed by atoms with E-state index in [1.54, 1.807) is 6.33 Å². The minimum absolute atomic E-state index is 0.669. The molecule has 0 atom stereocenters. The first-order valence-electron chi connectivity index (χ1n) is 8.65. The van der Waals surface area contributed by atoms with Gasteiger partial charge in [0.1, 0.15) is 12.1 Å². The summed E-state index contributed by atoms with van der Waals surface area (Å²) in [5.74, 6) is 1.09. The fourth-order valence-corrected chi connectivity index (χ4v) is 3.72. The van der Waals surface area contributed by atoms with E-state index in [1.807, 2.05) is 6.07 Å². The van der Waals surface area contributed by atoms with Crippen LogP contribution in [0, 0.1) is 0 Å². The van der Waals surface area contributed by atoms with Crippen molar-refractivity contribution in [2.75, 3.05) is 44.2 Å². The Morgan fingerprint density at radius 1 is 1.00 bits per heavy atom. The van der Waals surface area contributed by atoms with E-state index in [9.17, 15) is 0 Å². The zero-order chi connectivity index (χ0) is 15.8. The lowest BCUT2D eigenvalue weighted by molar-refractivity contribution is 0.0677. The molecule has 0 radical (unpaired) electrons. The molecule has 0 unspecified atom stereocenters. The van der Waals surface area contributed by atoms with Gasteiger partial charge < -0.3 is 4.90 Å². The molecule has 2 aliphatic rings. The van der Waals surface area contributed by atoms with Crippen molar-refractivity contribution in [3.63, 3.8) is 0 Å². The molecule has 23 heavy (non-hydrogen) atoms. The van der Waals surface area contributed by atoms with Crippen LogP contribution in [0.5, 0.6) is 0 Å². The lowest BCUT2D eigenvalue weighted by Crippen LogP contribution is -2.63. The second-order valence-corrected chi connectivity index (χ2v) is 6.94. The number of benzene rings is 1. The highest BCUT2D eigenvalue weighted by molar-refractivity contribution is 5.89. The highest BCUT2D eigenvalue weighted by atomic mass is 15.4. The van der Waals surface area contributed by atoms with Crippen LogP contribution in [-0.2, 0) is 0 Å². The predicted octanol–water partition coefficient (Wildman–Crippen LogP) is 1.84. The number of hydrogen-bond acceptors (Lipinski definition) is 5. The molecular formula is C18H25N5. The van der Waals surface area contributed by atoms with Gasteiger partial charge in [0.15, 0.2) is 0 Å². The zero-order valence-corrected chi connectivity index (χ0v) is 14.0. The molecule has 1 aromatic carbocycles. The predicted molar refractivity (Wildman–Crippen MR) is 93.8 cm³/mol. The van der Waals surface area contributed by atoms with Crippen LogP contribution in [0.4, 0.5) is 5.82 Å². The average molecular weight is 311 g/mol. The summed E-state index contributed by atoms with van der Waals surface area (Å²) in [5.41, 5.74) is 1.03. The van der Waals surface area contributed by atoms with Crippen molar-refractivity contribution < 1.29 is 0 Å². The summed E-state index contributed by atoms with van der Waals surface area (Å²) >= 11 is 0. The van der Waals surface area contributed by atoms with E-state index in [1.165, 1.54) is 26.2 Å². The molecule has 0 aliphatic carbocycles. The number of aromatic nitrogens is 2. The maximum absolute atomic E-state index is 4.53. The van der Waals surface area contributed by atoms with Gasteiger partial charge in [-0.2, -0.15) is 0 Å². The Kier molecular flexibility index (Phi) is 3.91. The topological polar surface area (TPSA) is 35.5 Å². The number of nitrogens with zero attached hydrogens (tertiary/aromatic N) is 5. The number of fused-ring (bicyclic) bond motifs is 1. The zero-order valence-electron chi connectivity index (χ0n) is 14.0. The molecule has 2 aromatic rings. The Hall–Kier alpha value is -1.72. The summed E-state index contributed by atoms with van der Waals surface area (Å²) < 4.78 is 0. The highest BCUT2D eigenvalue weighted by Crippen LogP contribution is 2.28. The summed E-state index contributed by atoms with van der Waals surface area (Å²) in [6.07, 6.45) is 1.69. The van der Waals surface area contributed by atoms with Crippen molar-refractivity contribution in [3.05, 3.63) is 30.6 Å². The Labute approximate surface area is 137 Å². The van der Waals surface area contributed by atoms with E-state index in [0.717, 1.165) is 29.8 Å². The van der Waals surface area contributed by atoms with Gasteiger partial charge in [-0.05, 0) is 26.0 Å². The lowest BCUT2D eigenvalue weighted by atomic mass is 10.0. The van der Waals surface area contributed by atoms with Gasteiger partial charge in [-0.25, -0.2) is 9.97 Å². The molecule has 2 fully saturated rings. The molecule has 0 bridgehead atoms. The fraction of sp³-hybridized carbons (Fsp3) is 0.556. The molecule has 4 rings (SSSR count). The SMILES string of the molecule is CC(C)N1CCN(C2CN(c3ncnc4ccccc34)C2)CC1. The van der Waals surface area contributed by atoms with E-state index in [0.29, 0.717) is 12.1 Å². The molecule has 2 aliphatic heterocycles. The minimum Gasteiger partial charge on any atom is -0.353 e. The lowest BCUT2D eigenvalue weighted by Gasteiger charge is -2.49. The first kappa shape index (κ1) is 14.8. The van der Waals surface area contributed by atoms with Crippen molar-refractivity contribution in [2.24, 2.45) is 0 Å². The molecule has 1 aromatic heterocycles. The molecule has 5 heteroatoms. The van der Waals surface area contributed by atoms with Gasteiger partial charge >= 0.3 is 0 Å². The molecular weight excluding hydrogens is 286 g/mol. The number of para-hydroxylation sites is 1. The monoisotopic (exact) mass is 311 g/mol. The molecule has 0 saturated carbocycles. The van der Waals surface area contributed by atoms with Crippen LogP contribution < -0.4 is 4.90 Å². The van der Waals surface area contributed by atoms with Gasteiger partial charge in [0.05, 0.1) is 5.52 Å². The molecule has 0 amide bonds. The second-order valence-electron chi connectivity index (χ2n) is 6.94. The van der Waals surface area contributed by atoms with Gasteiger partial charge in [-0.1, -0.05) is 12.1 Å². The Balaban J connectivity index is 1.40. The fourth-order valence-electron chi connectivity index (χ4n) is 3.72. The van der Waals surface area contributed by atoms with Crippen LogP contribution in [0.3, 0.4) is 0 Å². The van der Waals surface area contributed by atoms with Crippen LogP contribution in [-0.4, -0.2) is 71.1 Å². The van der Waals surface area contributed by atoms with Gasteiger partial charge in [0.2, 0.25) is 0 Å². The van der Waals surface area contributed by atoms with Crippen LogP contribution in [0.2, 0.25) is 0 Å². The number of piperazine rings is 1. The maximum Gasteiger partial charge on any atom is 0.139 e. The number of rotatable bonds is 3. The van der Waals surface area contributed by atoms with E-state index in [-0.39, 0.29) is 0 Å². The molecule has 5 nitrogen and oxygen atoms in total. The highest BCUT2D eigenvalue weighted by Gasteiger charge is 2.35. The van der Waals surface area contributed by atoms with Crippen LogP contribution >= 0.6 is 0 Å². The van der Waals surface area contributed by atoms with Crippen LogP contribution in [0.25, 0.3) is 10.9 Å². The van der Waals surface area contributed by atoms with Crippen molar-refractivity contribution in [3.8, 4) is 0 Å². The normalized spacial score (nSPS) is 21.1. The average Bonchev–Trinajstić information content (AvgIpc) is 2.54. The van der Waals surface area contributed by atoms with E-state index < -0.39 is 0 Å². The van der Waals surface area contributed by atoms with Crippen molar-refractivity contribution in [1.82, 2.24) is 19.8 Å². The molecule has 0 spiro atoms. The molecule has 0 N–H and O–H groups in total. The quantitative estimate of drug-likeness (QED) is 0.864. The molecule has 122 valence electrons. The standard InChI is InChI=1S/C18H25N5/c1-14(2)21-7-9-22(10-8-21)15-11-23(12-15)18-16-5-3-4-6-17(16)19-13-20-18/h3-6,13-15H,7-12H2,1-2H3. The molecule has 3 heterocycles. The Bertz CT molecular complexity index is 667. The summed E-state index contributed by atoms with van der Waals surface area (Å²) in [4.78, 5) is 16.5. The third-order valence-corrected chi connectivity index (χ3v) is 5.28. The first-order chi connectivity index (χ1) is 11.2. The van der Waals surface area contributed by atoms with E-state index in [2.05, 4.69) is 56.7 Å².